The molecule has 0 atom stereocenters. The Labute approximate surface area is 211 Å². The van der Waals surface area contributed by atoms with E-state index in [1.807, 2.05) is 73.7 Å². The van der Waals surface area contributed by atoms with Crippen LogP contribution in [0.3, 0.4) is 0 Å². The zero-order chi connectivity index (χ0) is 25.2. The summed E-state index contributed by atoms with van der Waals surface area (Å²) in [6.07, 6.45) is 0. The number of nitrogens with one attached hydrogen (secondary N) is 2. The summed E-state index contributed by atoms with van der Waals surface area (Å²) in [4.78, 5) is 20.2. The highest BCUT2D eigenvalue weighted by Crippen LogP contribution is 2.29. The van der Waals surface area contributed by atoms with Crippen molar-refractivity contribution in [1.82, 2.24) is 30.6 Å². The predicted molar refractivity (Wildman–Crippen MR) is 139 cm³/mol. The highest BCUT2D eigenvalue weighted by Gasteiger charge is 2.13. The molecular weight excluding hydrogens is 468 g/mol. The number of rotatable bonds is 7. The first-order valence-electron chi connectivity index (χ1n) is 11.7. The Bertz CT molecular complexity index is 1760. The molecular formula is C28H22N6O3. The van der Waals surface area contributed by atoms with E-state index < -0.39 is 0 Å². The lowest BCUT2D eigenvalue weighted by Gasteiger charge is -2.12. The second-order valence-electron chi connectivity index (χ2n) is 8.65. The number of para-hydroxylation sites is 1. The normalized spacial score (nSPS) is 11.2. The van der Waals surface area contributed by atoms with Gasteiger partial charge in [-0.05, 0) is 64.9 Å². The van der Waals surface area contributed by atoms with E-state index in [-0.39, 0.29) is 5.56 Å². The topological polar surface area (TPSA) is 119 Å². The molecule has 9 nitrogen and oxygen atoms in total. The second kappa shape index (κ2) is 9.54. The van der Waals surface area contributed by atoms with E-state index in [0.717, 1.165) is 38.9 Å². The molecule has 3 aromatic carbocycles. The van der Waals surface area contributed by atoms with Crippen LogP contribution in [0.4, 0.5) is 0 Å². The molecule has 0 radical (unpaired) electrons. The number of fused-ring (bicyclic) bond motifs is 2. The number of benzene rings is 3. The summed E-state index contributed by atoms with van der Waals surface area (Å²) in [5.74, 6) is 1.70. The van der Waals surface area contributed by atoms with Gasteiger partial charge in [0, 0.05) is 10.8 Å². The van der Waals surface area contributed by atoms with E-state index in [0.29, 0.717) is 35.9 Å². The monoisotopic (exact) mass is 490 g/mol. The summed E-state index contributed by atoms with van der Waals surface area (Å²) in [5.41, 5.74) is 4.52. The number of aromatic amines is 2. The number of pyridine rings is 2. The van der Waals surface area contributed by atoms with Gasteiger partial charge in [-0.1, -0.05) is 42.5 Å². The van der Waals surface area contributed by atoms with Crippen LogP contribution in [0.15, 0.2) is 83.7 Å². The van der Waals surface area contributed by atoms with Crippen molar-refractivity contribution in [2.75, 3.05) is 0 Å². The summed E-state index contributed by atoms with van der Waals surface area (Å²) in [5, 5.41) is 15.5. The molecule has 0 fully saturated rings. The highest BCUT2D eigenvalue weighted by atomic mass is 16.5. The fourth-order valence-electron chi connectivity index (χ4n) is 4.17. The fraction of sp³-hybridized carbons (Fsp3) is 0.107. The molecule has 0 spiro atoms. The molecule has 0 aliphatic carbocycles. The van der Waals surface area contributed by atoms with Crippen molar-refractivity contribution in [3.8, 4) is 22.9 Å². The molecule has 2 N–H and O–H groups in total. The van der Waals surface area contributed by atoms with Crippen LogP contribution in [0.1, 0.15) is 16.8 Å². The van der Waals surface area contributed by atoms with Gasteiger partial charge in [0.25, 0.3) is 5.56 Å². The van der Waals surface area contributed by atoms with E-state index in [9.17, 15) is 4.79 Å². The number of aromatic nitrogens is 6. The summed E-state index contributed by atoms with van der Waals surface area (Å²) in [6, 6.07) is 25.4. The van der Waals surface area contributed by atoms with Gasteiger partial charge >= 0.3 is 0 Å². The van der Waals surface area contributed by atoms with Crippen LogP contribution in [0, 0.1) is 6.92 Å². The van der Waals surface area contributed by atoms with Crippen molar-refractivity contribution in [2.45, 2.75) is 20.1 Å². The van der Waals surface area contributed by atoms with Gasteiger partial charge in [0.15, 0.2) is 5.82 Å². The third-order valence-corrected chi connectivity index (χ3v) is 6.15. The average Bonchev–Trinajstić information content (AvgIpc) is 3.47. The van der Waals surface area contributed by atoms with Crippen molar-refractivity contribution < 1.29 is 9.47 Å². The molecule has 37 heavy (non-hydrogen) atoms. The molecule has 0 saturated carbocycles. The standard InChI is InChI=1S/C28H22N6O3/c1-17-6-13-25(22-14-23(27-31-33-34-32-27)28(35)30-26(17)22)37-15-18-7-11-21(12-8-18)36-16-20-10-9-19-4-2-3-5-24(19)29-20/h2-14H,15-16H2,1H3,(H,30,35)(H,31,32,33,34). The Morgan fingerprint density at radius 2 is 1.76 bits per heavy atom. The van der Waals surface area contributed by atoms with Gasteiger partial charge in [0.05, 0.1) is 22.3 Å². The first-order valence-corrected chi connectivity index (χ1v) is 11.7. The maximum atomic E-state index is 12.6. The summed E-state index contributed by atoms with van der Waals surface area (Å²) >= 11 is 0. The van der Waals surface area contributed by atoms with Crippen molar-refractivity contribution >= 4 is 21.8 Å². The van der Waals surface area contributed by atoms with Crippen LogP contribution in [0.25, 0.3) is 33.2 Å². The van der Waals surface area contributed by atoms with Crippen LogP contribution in [-0.2, 0) is 13.2 Å². The summed E-state index contributed by atoms with van der Waals surface area (Å²) in [7, 11) is 0. The van der Waals surface area contributed by atoms with Crippen molar-refractivity contribution in [1.29, 1.82) is 0 Å². The van der Waals surface area contributed by atoms with Gasteiger partial charge in [-0.15, -0.1) is 5.10 Å². The van der Waals surface area contributed by atoms with E-state index >= 15 is 0 Å². The van der Waals surface area contributed by atoms with Crippen LogP contribution >= 0.6 is 0 Å². The van der Waals surface area contributed by atoms with Gasteiger partial charge < -0.3 is 14.5 Å². The fourth-order valence-corrected chi connectivity index (χ4v) is 4.17. The van der Waals surface area contributed by atoms with Gasteiger partial charge in [0.2, 0.25) is 0 Å². The number of nitrogens with zero attached hydrogens (tertiary/aromatic N) is 4. The minimum absolute atomic E-state index is 0.277. The molecule has 0 amide bonds. The lowest BCUT2D eigenvalue weighted by molar-refractivity contribution is 0.299. The zero-order valence-electron chi connectivity index (χ0n) is 19.9. The lowest BCUT2D eigenvalue weighted by Crippen LogP contribution is -2.10. The van der Waals surface area contributed by atoms with Crippen molar-refractivity contribution in [2.24, 2.45) is 0 Å². The third-order valence-electron chi connectivity index (χ3n) is 6.15. The summed E-state index contributed by atoms with van der Waals surface area (Å²) in [6.45, 7) is 2.67. The van der Waals surface area contributed by atoms with E-state index in [1.165, 1.54) is 0 Å². The third kappa shape index (κ3) is 4.62. The lowest BCUT2D eigenvalue weighted by atomic mass is 10.1. The second-order valence-corrected chi connectivity index (χ2v) is 8.65. The summed E-state index contributed by atoms with van der Waals surface area (Å²) < 4.78 is 12.1. The van der Waals surface area contributed by atoms with E-state index in [1.54, 1.807) is 6.07 Å². The van der Waals surface area contributed by atoms with Crippen molar-refractivity contribution in [3.05, 3.63) is 106 Å². The number of hydrogen-bond donors (Lipinski definition) is 2. The minimum Gasteiger partial charge on any atom is -0.488 e. The van der Waals surface area contributed by atoms with Gasteiger partial charge in [0.1, 0.15) is 24.7 Å². The largest absolute Gasteiger partial charge is 0.488 e. The van der Waals surface area contributed by atoms with Crippen molar-refractivity contribution in [3.63, 3.8) is 0 Å². The predicted octanol–water partition coefficient (Wildman–Crippen LogP) is 4.72. The first-order chi connectivity index (χ1) is 18.1. The Morgan fingerprint density at radius 3 is 2.59 bits per heavy atom. The van der Waals surface area contributed by atoms with Gasteiger partial charge in [-0.25, -0.2) is 10.1 Å². The maximum Gasteiger partial charge on any atom is 0.259 e. The number of aryl methyl sites for hydroxylation is 1. The molecule has 182 valence electrons. The van der Waals surface area contributed by atoms with Gasteiger partial charge in [-0.2, -0.15) is 0 Å². The molecule has 6 rings (SSSR count). The number of tetrazole rings is 1. The molecule has 6 aromatic rings. The minimum atomic E-state index is -0.277. The Morgan fingerprint density at radius 1 is 0.892 bits per heavy atom. The molecule has 0 bridgehead atoms. The van der Waals surface area contributed by atoms with Crippen LogP contribution in [0.2, 0.25) is 0 Å². The number of ether oxygens (including phenoxy) is 2. The van der Waals surface area contributed by atoms with Gasteiger partial charge in [-0.3, -0.25) is 4.79 Å². The zero-order valence-corrected chi connectivity index (χ0v) is 19.9. The Hall–Kier alpha value is -5.05. The molecule has 9 heteroatoms. The smallest absolute Gasteiger partial charge is 0.259 e. The quantitative estimate of drug-likeness (QED) is 0.332. The molecule has 0 saturated heterocycles. The van der Waals surface area contributed by atoms with E-state index in [2.05, 4.69) is 36.7 Å². The molecule has 0 aliphatic heterocycles. The van der Waals surface area contributed by atoms with E-state index in [4.69, 9.17) is 9.47 Å². The van der Waals surface area contributed by atoms with Crippen LogP contribution < -0.4 is 15.0 Å². The highest BCUT2D eigenvalue weighted by molar-refractivity contribution is 5.90. The Balaban J connectivity index is 1.16. The molecule has 0 unspecified atom stereocenters. The molecule has 3 heterocycles. The number of hydrogen-bond acceptors (Lipinski definition) is 7. The number of H-pyrrole nitrogens is 2. The molecule has 3 aromatic heterocycles. The SMILES string of the molecule is Cc1ccc(OCc2ccc(OCc3ccc4ccccc4n3)cc2)c2cc(-c3nnn[nH]3)c(=O)[nH]c12. The Kier molecular flexibility index (Phi) is 5.78. The average molecular weight is 491 g/mol. The molecule has 0 aliphatic rings. The van der Waals surface area contributed by atoms with Crippen LogP contribution in [-0.4, -0.2) is 30.6 Å². The maximum absolute atomic E-state index is 12.6. The first kappa shape index (κ1) is 22.4. The van der Waals surface area contributed by atoms with Crippen LogP contribution in [0.5, 0.6) is 11.5 Å².